The molecule has 0 atom stereocenters. The number of hydrogen-bond donors (Lipinski definition) is 3. The summed E-state index contributed by atoms with van der Waals surface area (Å²) in [4.78, 5) is 0.178. The van der Waals surface area contributed by atoms with E-state index in [2.05, 4.69) is 10.2 Å². The molecule has 1 aromatic heterocycles. The van der Waals surface area contributed by atoms with E-state index in [0.717, 1.165) is 0 Å². The van der Waals surface area contributed by atoms with Gasteiger partial charge in [-0.2, -0.15) is 9.40 Å². The Morgan fingerprint density at radius 2 is 2.10 bits per heavy atom. The van der Waals surface area contributed by atoms with Gasteiger partial charge in [-0.3, -0.25) is 10.5 Å². The number of H-pyrrole nitrogens is 1. The lowest BCUT2D eigenvalue weighted by Crippen LogP contribution is -2.36. The Hall–Kier alpha value is -1.45. The number of rotatable bonds is 8. The fourth-order valence-electron chi connectivity index (χ4n) is 1.84. The van der Waals surface area contributed by atoms with Crippen LogP contribution in [0.25, 0.3) is 0 Å². The van der Waals surface area contributed by atoms with Crippen molar-refractivity contribution in [1.29, 1.82) is 5.41 Å². The SMILES string of the molecule is COCCN(CCC(=N)N)S(=O)(=O)c1c(C)n[nH]c1C. The third-order valence-electron chi connectivity index (χ3n) is 2.83. The van der Waals surface area contributed by atoms with Crippen LogP contribution in [0.1, 0.15) is 17.8 Å². The summed E-state index contributed by atoms with van der Waals surface area (Å²) in [5, 5.41) is 13.8. The Morgan fingerprint density at radius 3 is 2.55 bits per heavy atom. The average molecular weight is 303 g/mol. The molecule has 0 spiro atoms. The number of methoxy groups -OCH3 is 1. The summed E-state index contributed by atoms with van der Waals surface area (Å²) in [6, 6.07) is 0. The van der Waals surface area contributed by atoms with Gasteiger partial charge in [0.15, 0.2) is 0 Å². The van der Waals surface area contributed by atoms with E-state index in [0.29, 0.717) is 11.4 Å². The van der Waals surface area contributed by atoms with Gasteiger partial charge in [0.05, 0.1) is 23.8 Å². The monoisotopic (exact) mass is 303 g/mol. The molecule has 0 aliphatic rings. The molecule has 0 aliphatic heterocycles. The summed E-state index contributed by atoms with van der Waals surface area (Å²) >= 11 is 0. The molecule has 0 fully saturated rings. The Morgan fingerprint density at radius 1 is 1.45 bits per heavy atom. The minimum absolute atomic E-state index is 0.0525. The smallest absolute Gasteiger partial charge is 0.246 e. The van der Waals surface area contributed by atoms with Crippen LogP contribution in [-0.2, 0) is 14.8 Å². The Kier molecular flexibility index (Phi) is 5.66. The highest BCUT2D eigenvalue weighted by Crippen LogP contribution is 2.21. The van der Waals surface area contributed by atoms with Crippen LogP contribution < -0.4 is 5.73 Å². The lowest BCUT2D eigenvalue weighted by molar-refractivity contribution is 0.179. The van der Waals surface area contributed by atoms with Gasteiger partial charge in [-0.25, -0.2) is 8.42 Å². The maximum atomic E-state index is 12.7. The minimum atomic E-state index is -3.68. The first kappa shape index (κ1) is 16.6. The van der Waals surface area contributed by atoms with Crippen molar-refractivity contribution in [2.45, 2.75) is 25.2 Å². The molecule has 0 amide bonds. The first-order valence-electron chi connectivity index (χ1n) is 6.14. The number of hydrogen-bond acceptors (Lipinski definition) is 5. The summed E-state index contributed by atoms with van der Waals surface area (Å²) in [5.74, 6) is -0.0525. The van der Waals surface area contributed by atoms with E-state index < -0.39 is 10.0 Å². The van der Waals surface area contributed by atoms with Crippen LogP contribution in [-0.4, -0.2) is 55.6 Å². The molecule has 9 heteroatoms. The fourth-order valence-corrected chi connectivity index (χ4v) is 3.60. The number of nitrogens with one attached hydrogen (secondary N) is 2. The molecule has 114 valence electrons. The van der Waals surface area contributed by atoms with E-state index in [1.165, 1.54) is 11.4 Å². The van der Waals surface area contributed by atoms with Gasteiger partial charge in [0.2, 0.25) is 10.0 Å². The lowest BCUT2D eigenvalue weighted by atomic mass is 10.4. The second-order valence-corrected chi connectivity index (χ2v) is 6.31. The van der Waals surface area contributed by atoms with Crippen LogP contribution >= 0.6 is 0 Å². The van der Waals surface area contributed by atoms with Crippen molar-refractivity contribution in [3.8, 4) is 0 Å². The van der Waals surface area contributed by atoms with Gasteiger partial charge < -0.3 is 10.5 Å². The van der Waals surface area contributed by atoms with Crippen molar-refractivity contribution < 1.29 is 13.2 Å². The van der Waals surface area contributed by atoms with Crippen LogP contribution in [0.2, 0.25) is 0 Å². The topological polar surface area (TPSA) is 125 Å². The number of sulfonamides is 1. The number of aryl methyl sites for hydroxylation is 2. The van der Waals surface area contributed by atoms with Crippen LogP contribution in [0.4, 0.5) is 0 Å². The molecule has 1 rings (SSSR count). The van der Waals surface area contributed by atoms with Crippen LogP contribution in [0.5, 0.6) is 0 Å². The normalized spacial score (nSPS) is 12.0. The molecular formula is C11H21N5O3S. The molecule has 0 saturated carbocycles. The van der Waals surface area contributed by atoms with Gasteiger partial charge in [-0.05, 0) is 13.8 Å². The fraction of sp³-hybridized carbons (Fsp3) is 0.636. The molecule has 1 aromatic rings. The predicted molar refractivity (Wildman–Crippen MR) is 75.2 cm³/mol. The first-order valence-corrected chi connectivity index (χ1v) is 7.58. The van der Waals surface area contributed by atoms with Crippen LogP contribution in [0.3, 0.4) is 0 Å². The van der Waals surface area contributed by atoms with Crippen molar-refractivity contribution in [2.24, 2.45) is 5.73 Å². The van der Waals surface area contributed by atoms with Gasteiger partial charge in [0, 0.05) is 26.6 Å². The standard InChI is InChI=1S/C11H21N5O3S/c1-8-11(9(2)15-14-8)20(17,18)16(6-7-19-3)5-4-10(12)13/h4-7H2,1-3H3,(H3,12,13)(H,14,15). The Bertz CT molecular complexity index is 547. The molecule has 0 saturated heterocycles. The van der Waals surface area contributed by atoms with Crippen molar-refractivity contribution >= 4 is 15.9 Å². The van der Waals surface area contributed by atoms with Gasteiger partial charge in [0.1, 0.15) is 4.90 Å². The molecule has 0 bridgehead atoms. The summed E-state index contributed by atoms with van der Waals surface area (Å²) in [7, 11) is -2.18. The maximum absolute atomic E-state index is 12.7. The van der Waals surface area contributed by atoms with E-state index in [9.17, 15) is 8.42 Å². The highest BCUT2D eigenvalue weighted by molar-refractivity contribution is 7.89. The van der Waals surface area contributed by atoms with Crippen molar-refractivity contribution in [3.63, 3.8) is 0 Å². The second kappa shape index (κ2) is 6.82. The van der Waals surface area contributed by atoms with Gasteiger partial charge in [0.25, 0.3) is 0 Å². The van der Waals surface area contributed by atoms with Crippen molar-refractivity contribution in [3.05, 3.63) is 11.4 Å². The van der Waals surface area contributed by atoms with Crippen LogP contribution in [0, 0.1) is 19.3 Å². The summed E-state index contributed by atoms with van der Waals surface area (Å²) in [6.07, 6.45) is 0.179. The molecule has 1 heterocycles. The number of aromatic nitrogens is 2. The van der Waals surface area contributed by atoms with E-state index in [4.69, 9.17) is 15.9 Å². The number of nitrogens with zero attached hydrogens (tertiary/aromatic N) is 2. The molecule has 0 radical (unpaired) electrons. The second-order valence-electron chi connectivity index (χ2n) is 4.44. The van der Waals surface area contributed by atoms with Gasteiger partial charge in [-0.1, -0.05) is 0 Å². The molecule has 4 N–H and O–H groups in total. The van der Waals surface area contributed by atoms with Crippen molar-refractivity contribution in [1.82, 2.24) is 14.5 Å². The highest BCUT2D eigenvalue weighted by Gasteiger charge is 2.29. The largest absolute Gasteiger partial charge is 0.388 e. The van der Waals surface area contributed by atoms with Gasteiger partial charge >= 0.3 is 0 Å². The zero-order chi connectivity index (χ0) is 15.3. The number of ether oxygens (including phenoxy) is 1. The number of aromatic amines is 1. The molecular weight excluding hydrogens is 282 g/mol. The molecule has 0 aromatic carbocycles. The number of amidine groups is 1. The molecule has 8 nitrogen and oxygen atoms in total. The Balaban J connectivity index is 3.07. The summed E-state index contributed by atoms with van der Waals surface area (Å²) in [6.45, 7) is 3.91. The number of nitrogens with two attached hydrogens (primary N) is 1. The van der Waals surface area contributed by atoms with Gasteiger partial charge in [-0.15, -0.1) is 0 Å². The van der Waals surface area contributed by atoms with Crippen LogP contribution in [0.15, 0.2) is 4.90 Å². The van der Waals surface area contributed by atoms with Crippen molar-refractivity contribution in [2.75, 3.05) is 26.8 Å². The highest BCUT2D eigenvalue weighted by atomic mass is 32.2. The quantitative estimate of drug-likeness (QED) is 0.460. The van der Waals surface area contributed by atoms with E-state index in [1.54, 1.807) is 13.8 Å². The molecule has 0 aliphatic carbocycles. The van der Waals surface area contributed by atoms with E-state index in [-0.39, 0.29) is 36.8 Å². The summed E-state index contributed by atoms with van der Waals surface area (Å²) in [5.41, 5.74) is 6.22. The zero-order valence-electron chi connectivity index (χ0n) is 11.9. The average Bonchev–Trinajstić information content (AvgIpc) is 2.68. The van der Waals surface area contributed by atoms with E-state index >= 15 is 0 Å². The van der Waals surface area contributed by atoms with E-state index in [1.807, 2.05) is 0 Å². The maximum Gasteiger partial charge on any atom is 0.246 e. The zero-order valence-corrected chi connectivity index (χ0v) is 12.7. The Labute approximate surface area is 118 Å². The minimum Gasteiger partial charge on any atom is -0.388 e. The summed E-state index contributed by atoms with van der Waals surface area (Å²) < 4.78 is 31.5. The first-order chi connectivity index (χ1) is 9.30. The third kappa shape index (κ3) is 3.78. The third-order valence-corrected chi connectivity index (χ3v) is 5.00. The lowest BCUT2D eigenvalue weighted by Gasteiger charge is -2.21. The predicted octanol–water partition coefficient (Wildman–Crippen LogP) is -0.0103. The molecule has 0 unspecified atom stereocenters. The molecule has 20 heavy (non-hydrogen) atoms.